The number of carbonyl (C=O) groups is 4. The first-order valence-electron chi connectivity index (χ1n) is 23.2. The highest BCUT2D eigenvalue weighted by molar-refractivity contribution is 6.08. The van der Waals surface area contributed by atoms with E-state index < -0.39 is 47.9 Å². The van der Waals surface area contributed by atoms with Crippen LogP contribution in [0.3, 0.4) is 0 Å². The van der Waals surface area contributed by atoms with Gasteiger partial charge in [-0.25, -0.2) is 27.5 Å². The van der Waals surface area contributed by atoms with Crippen LogP contribution in [-0.2, 0) is 21.4 Å². The molecule has 1 aliphatic carbocycles. The molecule has 3 aliphatic heterocycles. The van der Waals surface area contributed by atoms with E-state index >= 15 is 0 Å². The summed E-state index contributed by atoms with van der Waals surface area (Å²) in [6.07, 6.45) is 5.76. The first kappa shape index (κ1) is 45.9. The number of amides is 4. The van der Waals surface area contributed by atoms with E-state index in [0.717, 1.165) is 74.7 Å². The van der Waals surface area contributed by atoms with Crippen LogP contribution in [0.1, 0.15) is 119 Å². The van der Waals surface area contributed by atoms with Crippen molar-refractivity contribution >= 4 is 57.6 Å². The molecule has 4 aliphatic rings. The van der Waals surface area contributed by atoms with E-state index in [-0.39, 0.29) is 54.3 Å². The second kappa shape index (κ2) is 18.8. The Bertz CT molecular complexity index is 2640. The zero-order valence-corrected chi connectivity index (χ0v) is 38.2. The zero-order valence-electron chi connectivity index (χ0n) is 38.2. The molecule has 1 unspecified atom stereocenters. The third kappa shape index (κ3) is 10.4. The van der Waals surface area contributed by atoms with Crippen LogP contribution >= 0.6 is 0 Å². The summed E-state index contributed by atoms with van der Waals surface area (Å²) >= 11 is 0. The SMILES string of the molecule is Cn1nc(C2CCC(=O)NC2=O)c2ccc(NC3CCN(CC4CCC(n5cc(NC(=O)c6cnn7ccc(N8C[C@H](F)C[C@@H](NC(=O)OC(C)(C)C)C8)nc67)c(C(F)F)n5)CC4)CC3)cc21. The second-order valence-electron chi connectivity index (χ2n) is 19.5. The third-order valence-corrected chi connectivity index (χ3v) is 13.4. The van der Waals surface area contributed by atoms with Crippen LogP contribution in [-0.4, -0.2) is 119 Å². The van der Waals surface area contributed by atoms with Gasteiger partial charge in [-0.3, -0.25) is 29.1 Å². The molecule has 4 aromatic heterocycles. The van der Waals surface area contributed by atoms with Crippen molar-refractivity contribution < 1.29 is 37.1 Å². The number of nitrogens with one attached hydrogen (secondary N) is 4. The number of fused-ring (bicyclic) bond motifs is 2. The fourth-order valence-electron chi connectivity index (χ4n) is 10.1. The van der Waals surface area contributed by atoms with Gasteiger partial charge >= 0.3 is 6.09 Å². The maximum atomic E-state index is 14.9. The average Bonchev–Trinajstić information content (AvgIpc) is 3.99. The van der Waals surface area contributed by atoms with Gasteiger partial charge in [0.2, 0.25) is 11.8 Å². The van der Waals surface area contributed by atoms with E-state index in [1.54, 1.807) is 47.3 Å². The predicted octanol–water partition coefficient (Wildman–Crippen LogP) is 6.27. The number of hydrogen-bond acceptors (Lipinski definition) is 12. The molecule has 4 amide bonds. The van der Waals surface area contributed by atoms with Gasteiger partial charge in [0.1, 0.15) is 23.2 Å². The van der Waals surface area contributed by atoms with Gasteiger partial charge in [0.25, 0.3) is 12.3 Å². The monoisotopic (exact) mass is 929 g/mol. The number of alkyl halides is 3. The number of carbonyl (C=O) groups excluding carboxylic acids is 4. The summed E-state index contributed by atoms with van der Waals surface area (Å²) in [6.45, 7) is 8.38. The first-order chi connectivity index (χ1) is 32.0. The minimum atomic E-state index is -2.93. The lowest BCUT2D eigenvalue weighted by Crippen LogP contribution is -2.52. The summed E-state index contributed by atoms with van der Waals surface area (Å²) in [5, 5.41) is 25.6. The average molecular weight is 930 g/mol. The molecule has 3 saturated heterocycles. The molecule has 5 aromatic rings. The second-order valence-corrected chi connectivity index (χ2v) is 19.5. The minimum Gasteiger partial charge on any atom is -0.444 e. The van der Waals surface area contributed by atoms with Gasteiger partial charge < -0.3 is 30.5 Å². The number of ether oxygens (including phenoxy) is 1. The fraction of sp³-hybridized carbons (Fsp3) is 0.565. The number of hydrogen-bond donors (Lipinski definition) is 4. The molecule has 4 N–H and O–H groups in total. The maximum Gasteiger partial charge on any atom is 0.407 e. The van der Waals surface area contributed by atoms with Gasteiger partial charge in [-0.15, -0.1) is 0 Å². The Kier molecular flexibility index (Phi) is 12.9. The van der Waals surface area contributed by atoms with Crippen molar-refractivity contribution in [1.29, 1.82) is 0 Å². The number of halogens is 3. The van der Waals surface area contributed by atoms with Crippen molar-refractivity contribution in [2.45, 2.75) is 121 Å². The van der Waals surface area contributed by atoms with Crippen LogP contribution in [0.25, 0.3) is 16.6 Å². The largest absolute Gasteiger partial charge is 0.444 e. The molecule has 358 valence electrons. The Morgan fingerprint density at radius 3 is 2.49 bits per heavy atom. The topological polar surface area (TPSA) is 198 Å². The number of imide groups is 1. The van der Waals surface area contributed by atoms with Gasteiger partial charge in [-0.2, -0.15) is 15.3 Å². The number of rotatable bonds is 11. The summed E-state index contributed by atoms with van der Waals surface area (Å²) in [5.74, 6) is -0.849. The fourth-order valence-corrected chi connectivity index (χ4v) is 10.1. The molecule has 9 rings (SSSR count). The van der Waals surface area contributed by atoms with E-state index in [9.17, 15) is 32.3 Å². The Labute approximate surface area is 385 Å². The zero-order chi connectivity index (χ0) is 47.1. The summed E-state index contributed by atoms with van der Waals surface area (Å²) in [6, 6.07) is 7.41. The van der Waals surface area contributed by atoms with Crippen LogP contribution in [0.5, 0.6) is 0 Å². The standard InChI is InChI=1S/C46H58F3N13O5/c1-46(2,3)67-45(66)52-30-19-27(47)23-60(24-30)37-15-18-61-42(54-37)34(21-50-61)44(65)53-35-25-62(57-40(35)41(48)49)31-8-5-26(6-9-31)22-59-16-13-28(14-17-59)51-29-7-10-32-36(20-29)58(4)56-39(32)33-11-12-38(63)55-43(33)64/h7,10,15,18,20-21,25-28,30-31,33,41,51H,5-6,8-9,11-14,16-17,19,22-24H2,1-4H3,(H,52,66)(H,53,65)(H,55,63,64)/t26?,27-,30-,31?,33?/m1/s1. The highest BCUT2D eigenvalue weighted by atomic mass is 19.3. The molecule has 4 fully saturated rings. The molecule has 7 heterocycles. The van der Waals surface area contributed by atoms with Crippen LogP contribution in [0.4, 0.5) is 35.2 Å². The molecular formula is C46H58F3N13O5. The van der Waals surface area contributed by atoms with Gasteiger partial charge in [0.05, 0.1) is 47.6 Å². The van der Waals surface area contributed by atoms with Crippen LogP contribution in [0, 0.1) is 5.92 Å². The number of anilines is 3. The van der Waals surface area contributed by atoms with E-state index in [1.165, 1.54) is 16.9 Å². The van der Waals surface area contributed by atoms with E-state index in [1.807, 2.05) is 19.2 Å². The number of alkyl carbamates (subject to hydrolysis) is 1. The van der Waals surface area contributed by atoms with Crippen molar-refractivity contribution in [1.82, 2.24) is 49.7 Å². The molecule has 21 heteroatoms. The number of aryl methyl sites for hydroxylation is 1. The first-order valence-corrected chi connectivity index (χ1v) is 23.2. The lowest BCUT2D eigenvalue weighted by molar-refractivity contribution is -0.134. The Hall–Kier alpha value is -6.25. The van der Waals surface area contributed by atoms with E-state index in [2.05, 4.69) is 52.5 Å². The molecule has 1 saturated carbocycles. The van der Waals surface area contributed by atoms with Crippen molar-refractivity contribution in [3.8, 4) is 0 Å². The van der Waals surface area contributed by atoms with Crippen molar-refractivity contribution in [2.24, 2.45) is 13.0 Å². The normalized spacial score (nSPS) is 23.5. The Morgan fingerprint density at radius 1 is 0.985 bits per heavy atom. The Balaban J connectivity index is 0.768. The van der Waals surface area contributed by atoms with Crippen LogP contribution in [0.2, 0.25) is 0 Å². The van der Waals surface area contributed by atoms with E-state index in [4.69, 9.17) is 4.74 Å². The van der Waals surface area contributed by atoms with Gasteiger partial charge in [0, 0.05) is 75.6 Å². The van der Waals surface area contributed by atoms with Gasteiger partial charge in [0.15, 0.2) is 11.3 Å². The van der Waals surface area contributed by atoms with Gasteiger partial charge in [-0.1, -0.05) is 0 Å². The summed E-state index contributed by atoms with van der Waals surface area (Å²) < 4.78 is 53.9. The Morgan fingerprint density at radius 2 is 1.76 bits per heavy atom. The molecule has 0 bridgehead atoms. The van der Waals surface area contributed by atoms with E-state index in [0.29, 0.717) is 36.3 Å². The lowest BCUT2D eigenvalue weighted by atomic mass is 9.85. The summed E-state index contributed by atoms with van der Waals surface area (Å²) in [4.78, 5) is 59.2. The molecular weight excluding hydrogens is 872 g/mol. The van der Waals surface area contributed by atoms with Crippen molar-refractivity contribution in [3.63, 3.8) is 0 Å². The van der Waals surface area contributed by atoms with Gasteiger partial charge in [-0.05, 0) is 95.9 Å². The maximum absolute atomic E-state index is 14.9. The number of likely N-dealkylation sites (tertiary alicyclic amines) is 1. The number of piperidine rings is 3. The van der Waals surface area contributed by atoms with Crippen LogP contribution in [0.15, 0.2) is 42.9 Å². The molecule has 1 aromatic carbocycles. The molecule has 0 radical (unpaired) electrons. The number of nitrogens with zero attached hydrogens (tertiary/aromatic N) is 9. The van der Waals surface area contributed by atoms with Crippen molar-refractivity contribution in [2.75, 3.05) is 48.3 Å². The lowest BCUT2D eigenvalue weighted by Gasteiger charge is -2.37. The summed E-state index contributed by atoms with van der Waals surface area (Å²) in [5.41, 5.74) is 1.51. The summed E-state index contributed by atoms with van der Waals surface area (Å²) in [7, 11) is 1.87. The van der Waals surface area contributed by atoms with Crippen molar-refractivity contribution in [3.05, 3.63) is 59.8 Å². The molecule has 3 atom stereocenters. The minimum absolute atomic E-state index is 0.0210. The predicted molar refractivity (Wildman–Crippen MR) is 243 cm³/mol. The highest BCUT2D eigenvalue weighted by Gasteiger charge is 2.34. The smallest absolute Gasteiger partial charge is 0.407 e. The molecule has 0 spiro atoms. The third-order valence-electron chi connectivity index (χ3n) is 13.4. The number of benzene rings is 1. The number of aromatic nitrogens is 7. The van der Waals surface area contributed by atoms with Crippen LogP contribution < -0.4 is 26.2 Å². The molecule has 18 nitrogen and oxygen atoms in total. The quantitative estimate of drug-likeness (QED) is 0.109. The highest BCUT2D eigenvalue weighted by Crippen LogP contribution is 2.37. The molecule has 67 heavy (non-hydrogen) atoms.